The van der Waals surface area contributed by atoms with E-state index in [1.54, 1.807) is 13.2 Å². The number of amides is 1. The number of carbonyl (C=O) groups excluding carboxylic acids is 1. The molecule has 1 atom stereocenters. The Hall–Kier alpha value is -2.01. The van der Waals surface area contributed by atoms with Gasteiger partial charge in [0.05, 0.1) is 7.11 Å². The lowest BCUT2D eigenvalue weighted by molar-refractivity contribution is -0.123. The molecule has 0 heterocycles. The summed E-state index contributed by atoms with van der Waals surface area (Å²) >= 11 is 0. The fourth-order valence-electron chi connectivity index (χ4n) is 1.76. The molecule has 1 amide bonds. The summed E-state index contributed by atoms with van der Waals surface area (Å²) in [5.74, 6) is 0.984. The Morgan fingerprint density at radius 2 is 2.24 bits per heavy atom. The van der Waals surface area contributed by atoms with Crippen LogP contribution in [0.3, 0.4) is 0 Å². The minimum Gasteiger partial charge on any atom is -0.493 e. The minimum atomic E-state index is -0.173. The number of benzene rings is 1. The fraction of sp³-hybridized carbons (Fsp3) is 0.438. The van der Waals surface area contributed by atoms with Gasteiger partial charge in [-0.1, -0.05) is 12.1 Å². The molecule has 0 saturated carbocycles. The van der Waals surface area contributed by atoms with Crippen LogP contribution in [0.1, 0.15) is 18.9 Å². The molecule has 5 nitrogen and oxygen atoms in total. The van der Waals surface area contributed by atoms with E-state index in [4.69, 9.17) is 15.2 Å². The first kappa shape index (κ1) is 17.0. The van der Waals surface area contributed by atoms with Crippen LogP contribution in [0.5, 0.6) is 11.5 Å². The van der Waals surface area contributed by atoms with E-state index in [0.717, 1.165) is 18.4 Å². The molecule has 0 saturated heterocycles. The van der Waals surface area contributed by atoms with E-state index >= 15 is 0 Å². The quantitative estimate of drug-likeness (QED) is 0.679. The molecule has 1 aromatic rings. The van der Waals surface area contributed by atoms with E-state index in [1.807, 2.05) is 25.1 Å². The lowest BCUT2D eigenvalue weighted by Gasteiger charge is -2.12. The summed E-state index contributed by atoms with van der Waals surface area (Å²) in [4.78, 5) is 11.6. The molecular weight excluding hydrogens is 268 g/mol. The van der Waals surface area contributed by atoms with Gasteiger partial charge in [0.1, 0.15) is 0 Å². The van der Waals surface area contributed by atoms with Crippen LogP contribution in [-0.4, -0.2) is 32.2 Å². The number of hydrogen-bond acceptors (Lipinski definition) is 4. The van der Waals surface area contributed by atoms with E-state index in [2.05, 4.69) is 11.9 Å². The molecule has 3 N–H and O–H groups in total. The molecule has 1 rings (SSSR count). The van der Waals surface area contributed by atoms with Crippen LogP contribution in [0.15, 0.2) is 30.9 Å². The molecule has 21 heavy (non-hydrogen) atoms. The van der Waals surface area contributed by atoms with Crippen LogP contribution in [-0.2, 0) is 11.2 Å². The normalized spacial score (nSPS) is 11.6. The van der Waals surface area contributed by atoms with Crippen LogP contribution in [0.25, 0.3) is 0 Å². The van der Waals surface area contributed by atoms with Crippen LogP contribution in [0.4, 0.5) is 0 Å². The zero-order valence-corrected chi connectivity index (χ0v) is 12.7. The third kappa shape index (κ3) is 6.31. The second-order valence-corrected chi connectivity index (χ2v) is 4.88. The Labute approximate surface area is 126 Å². The predicted molar refractivity (Wildman–Crippen MR) is 83.7 cm³/mol. The number of methoxy groups -OCH3 is 1. The summed E-state index contributed by atoms with van der Waals surface area (Å²) in [6.45, 7) is 6.11. The summed E-state index contributed by atoms with van der Waals surface area (Å²) in [5, 5.41) is 2.76. The van der Waals surface area contributed by atoms with Gasteiger partial charge in [-0.25, -0.2) is 0 Å². The monoisotopic (exact) mass is 292 g/mol. The molecule has 0 spiro atoms. The van der Waals surface area contributed by atoms with Crippen molar-refractivity contribution in [2.45, 2.75) is 25.8 Å². The molecule has 0 aliphatic carbocycles. The highest BCUT2D eigenvalue weighted by Crippen LogP contribution is 2.28. The van der Waals surface area contributed by atoms with Gasteiger partial charge in [0, 0.05) is 12.6 Å². The Balaban J connectivity index is 2.50. The molecule has 5 heteroatoms. The van der Waals surface area contributed by atoms with Crippen LogP contribution < -0.4 is 20.5 Å². The van der Waals surface area contributed by atoms with Crippen molar-refractivity contribution in [1.29, 1.82) is 0 Å². The molecule has 0 radical (unpaired) electrons. The number of carbonyl (C=O) groups is 1. The Kier molecular flexibility index (Phi) is 7.32. The zero-order chi connectivity index (χ0) is 15.7. The molecule has 0 aliphatic rings. The van der Waals surface area contributed by atoms with E-state index in [-0.39, 0.29) is 18.6 Å². The first-order valence-corrected chi connectivity index (χ1v) is 6.99. The lowest BCUT2D eigenvalue weighted by Crippen LogP contribution is -2.32. The number of allylic oxidation sites excluding steroid dienone is 1. The Morgan fingerprint density at radius 1 is 1.48 bits per heavy atom. The third-order valence-electron chi connectivity index (χ3n) is 2.89. The molecule has 0 aromatic heterocycles. The minimum absolute atomic E-state index is 0.0455. The Bertz CT molecular complexity index is 473. The van der Waals surface area contributed by atoms with Gasteiger partial charge < -0.3 is 20.5 Å². The smallest absolute Gasteiger partial charge is 0.257 e. The summed E-state index contributed by atoms with van der Waals surface area (Å²) in [6.07, 6.45) is 3.32. The number of nitrogens with two attached hydrogens (primary N) is 1. The molecule has 0 aliphatic heterocycles. The van der Waals surface area contributed by atoms with Crippen molar-refractivity contribution in [1.82, 2.24) is 5.32 Å². The van der Waals surface area contributed by atoms with Gasteiger partial charge in [0.15, 0.2) is 18.1 Å². The molecule has 1 aromatic carbocycles. The molecule has 0 bridgehead atoms. The van der Waals surface area contributed by atoms with Gasteiger partial charge in [-0.05, 0) is 37.5 Å². The van der Waals surface area contributed by atoms with E-state index in [0.29, 0.717) is 18.0 Å². The summed E-state index contributed by atoms with van der Waals surface area (Å²) in [5.41, 5.74) is 6.69. The standard InChI is InChI=1S/C16H24N2O3/c1-4-5-13-6-7-14(15(10-13)20-3)21-11-16(19)18-9-8-12(2)17/h4,6-7,10,12H,1,5,8-9,11,17H2,2-3H3,(H,18,19). The molecule has 1 unspecified atom stereocenters. The summed E-state index contributed by atoms with van der Waals surface area (Å²) in [6, 6.07) is 5.68. The van der Waals surface area contributed by atoms with Crippen LogP contribution in [0, 0.1) is 0 Å². The van der Waals surface area contributed by atoms with E-state index < -0.39 is 0 Å². The maximum absolute atomic E-state index is 11.6. The van der Waals surface area contributed by atoms with Gasteiger partial charge in [0.25, 0.3) is 5.91 Å². The maximum Gasteiger partial charge on any atom is 0.257 e. The van der Waals surface area contributed by atoms with Crippen molar-refractivity contribution in [3.8, 4) is 11.5 Å². The molecule has 0 fully saturated rings. The second-order valence-electron chi connectivity index (χ2n) is 4.88. The highest BCUT2D eigenvalue weighted by molar-refractivity contribution is 5.77. The van der Waals surface area contributed by atoms with Crippen molar-refractivity contribution >= 4 is 5.91 Å². The van der Waals surface area contributed by atoms with E-state index in [1.165, 1.54) is 0 Å². The molecule has 116 valence electrons. The van der Waals surface area contributed by atoms with Crippen LogP contribution >= 0.6 is 0 Å². The number of nitrogens with one attached hydrogen (secondary N) is 1. The van der Waals surface area contributed by atoms with Crippen LogP contribution in [0.2, 0.25) is 0 Å². The van der Waals surface area contributed by atoms with Gasteiger partial charge >= 0.3 is 0 Å². The van der Waals surface area contributed by atoms with Crippen molar-refractivity contribution in [2.75, 3.05) is 20.3 Å². The number of ether oxygens (including phenoxy) is 2. The maximum atomic E-state index is 11.6. The zero-order valence-electron chi connectivity index (χ0n) is 12.7. The highest BCUT2D eigenvalue weighted by Gasteiger charge is 2.08. The van der Waals surface area contributed by atoms with Gasteiger partial charge in [-0.3, -0.25) is 4.79 Å². The lowest BCUT2D eigenvalue weighted by atomic mass is 10.1. The average Bonchev–Trinajstić information content (AvgIpc) is 2.45. The van der Waals surface area contributed by atoms with Gasteiger partial charge in [-0.2, -0.15) is 0 Å². The predicted octanol–water partition coefficient (Wildman–Crippen LogP) is 1.66. The van der Waals surface area contributed by atoms with Gasteiger partial charge in [0.2, 0.25) is 0 Å². The van der Waals surface area contributed by atoms with Crippen molar-refractivity contribution < 1.29 is 14.3 Å². The van der Waals surface area contributed by atoms with Crippen molar-refractivity contribution in [2.24, 2.45) is 5.73 Å². The topological polar surface area (TPSA) is 73.6 Å². The average molecular weight is 292 g/mol. The number of rotatable bonds is 9. The van der Waals surface area contributed by atoms with E-state index in [9.17, 15) is 4.79 Å². The molecular formula is C16H24N2O3. The largest absolute Gasteiger partial charge is 0.493 e. The third-order valence-corrected chi connectivity index (χ3v) is 2.89. The fourth-order valence-corrected chi connectivity index (χ4v) is 1.76. The van der Waals surface area contributed by atoms with Crippen molar-refractivity contribution in [3.63, 3.8) is 0 Å². The van der Waals surface area contributed by atoms with Gasteiger partial charge in [-0.15, -0.1) is 6.58 Å². The Morgan fingerprint density at radius 3 is 2.86 bits per heavy atom. The first-order chi connectivity index (χ1) is 10.1. The summed E-state index contributed by atoms with van der Waals surface area (Å²) in [7, 11) is 1.57. The number of hydrogen-bond donors (Lipinski definition) is 2. The van der Waals surface area contributed by atoms with Crippen molar-refractivity contribution in [3.05, 3.63) is 36.4 Å². The highest BCUT2D eigenvalue weighted by atomic mass is 16.5. The SMILES string of the molecule is C=CCc1ccc(OCC(=O)NCCC(C)N)c(OC)c1. The summed E-state index contributed by atoms with van der Waals surface area (Å²) < 4.78 is 10.8. The second kappa shape index (κ2) is 9.02. The first-order valence-electron chi connectivity index (χ1n) is 6.99.